The molecule has 118 valence electrons. The van der Waals surface area contributed by atoms with Gasteiger partial charge in [-0.15, -0.1) is 0 Å². The van der Waals surface area contributed by atoms with Crippen molar-refractivity contribution in [3.63, 3.8) is 0 Å². The minimum Gasteiger partial charge on any atom is -0.507 e. The topological polar surface area (TPSA) is 66.8 Å². The van der Waals surface area contributed by atoms with Gasteiger partial charge in [-0.25, -0.2) is 0 Å². The van der Waals surface area contributed by atoms with Crippen molar-refractivity contribution in [1.82, 2.24) is 4.90 Å². The Bertz CT molecular complexity index is 796. The summed E-state index contributed by atoms with van der Waals surface area (Å²) in [5.74, 6) is -0.531. The molecule has 0 saturated carbocycles. The maximum absolute atomic E-state index is 12.8. The van der Waals surface area contributed by atoms with Crippen LogP contribution in [-0.4, -0.2) is 48.8 Å². The molecule has 0 unspecified atom stereocenters. The van der Waals surface area contributed by atoms with Gasteiger partial charge in [-0.05, 0) is 26.2 Å². The first-order valence-corrected chi connectivity index (χ1v) is 7.32. The van der Waals surface area contributed by atoms with Gasteiger partial charge < -0.3 is 14.7 Å². The fourth-order valence-corrected chi connectivity index (χ4v) is 2.63. The summed E-state index contributed by atoms with van der Waals surface area (Å²) in [4.78, 5) is 27.4. The third-order valence-corrected chi connectivity index (χ3v) is 3.81. The molecule has 0 radical (unpaired) electrons. The average Bonchev–Trinajstić information content (AvgIpc) is 2.53. The van der Waals surface area contributed by atoms with Crippen LogP contribution in [0.3, 0.4) is 0 Å². The molecular weight excluding hydrogens is 294 g/mol. The van der Waals surface area contributed by atoms with Crippen LogP contribution in [0.1, 0.15) is 31.8 Å². The van der Waals surface area contributed by atoms with E-state index in [0.717, 1.165) is 0 Å². The molecule has 1 aliphatic carbocycles. The summed E-state index contributed by atoms with van der Waals surface area (Å²) in [5, 5.41) is 10.1. The highest BCUT2D eigenvalue weighted by Gasteiger charge is 2.34. The molecule has 0 heterocycles. The van der Waals surface area contributed by atoms with Crippen molar-refractivity contribution in [3.05, 3.63) is 58.7 Å². The number of ketones is 2. The number of benzene rings is 2. The van der Waals surface area contributed by atoms with E-state index in [2.05, 4.69) is 0 Å². The Balaban J connectivity index is 2.08. The Morgan fingerprint density at radius 3 is 2.17 bits per heavy atom. The second-order valence-electron chi connectivity index (χ2n) is 5.69. The lowest BCUT2D eigenvalue weighted by Gasteiger charge is -2.21. The molecule has 0 amide bonds. The largest absolute Gasteiger partial charge is 0.507 e. The number of likely N-dealkylation sites (N-methyl/N-ethyl adjacent to an activating group) is 1. The molecule has 0 aromatic heterocycles. The van der Waals surface area contributed by atoms with Crippen molar-refractivity contribution in [2.75, 3.05) is 27.2 Å². The van der Waals surface area contributed by atoms with E-state index >= 15 is 0 Å². The maximum atomic E-state index is 12.8. The van der Waals surface area contributed by atoms with Gasteiger partial charge in [0.25, 0.3) is 0 Å². The minimum absolute atomic E-state index is 0.0241. The third kappa shape index (κ3) is 2.59. The van der Waals surface area contributed by atoms with E-state index in [1.165, 1.54) is 12.1 Å². The standard InChI is InChI=1S/C18H17NO4/c1-19(2)9-10-23-14-8-7-13(20)15-16(14)18(22)12-6-4-3-5-11(12)17(15)21/h3-8,20H,9-10H2,1-2H3. The van der Waals surface area contributed by atoms with Gasteiger partial charge in [0, 0.05) is 17.7 Å². The number of phenols is 1. The first-order chi connectivity index (χ1) is 11.0. The number of hydrogen-bond donors (Lipinski definition) is 1. The number of nitrogens with zero attached hydrogens (tertiary/aromatic N) is 1. The van der Waals surface area contributed by atoms with E-state index in [1.807, 2.05) is 19.0 Å². The van der Waals surface area contributed by atoms with E-state index < -0.39 is 0 Å². The van der Waals surface area contributed by atoms with Gasteiger partial charge >= 0.3 is 0 Å². The Hall–Kier alpha value is -2.66. The first-order valence-electron chi connectivity index (χ1n) is 7.32. The predicted octanol–water partition coefficient (Wildman–Crippen LogP) is 2.11. The van der Waals surface area contributed by atoms with Gasteiger partial charge in [0.15, 0.2) is 11.6 Å². The smallest absolute Gasteiger partial charge is 0.198 e. The van der Waals surface area contributed by atoms with E-state index in [0.29, 0.717) is 30.0 Å². The van der Waals surface area contributed by atoms with E-state index in [9.17, 15) is 14.7 Å². The summed E-state index contributed by atoms with van der Waals surface area (Å²) in [6.45, 7) is 1.06. The third-order valence-electron chi connectivity index (χ3n) is 3.81. The second-order valence-corrected chi connectivity index (χ2v) is 5.69. The van der Waals surface area contributed by atoms with Crippen LogP contribution < -0.4 is 4.74 Å². The zero-order valence-electron chi connectivity index (χ0n) is 13.0. The van der Waals surface area contributed by atoms with E-state index in [1.54, 1.807) is 24.3 Å². The number of carbonyl (C=O) groups excluding carboxylic acids is 2. The molecule has 2 aromatic rings. The van der Waals surface area contributed by atoms with Crippen LogP contribution >= 0.6 is 0 Å². The molecule has 1 N–H and O–H groups in total. The average molecular weight is 311 g/mol. The highest BCUT2D eigenvalue weighted by Crippen LogP contribution is 2.37. The SMILES string of the molecule is CN(C)CCOc1ccc(O)c2c1C(=O)c1ccccc1C2=O. The summed E-state index contributed by atoms with van der Waals surface area (Å²) in [7, 11) is 3.83. The van der Waals surface area contributed by atoms with Gasteiger partial charge in [-0.1, -0.05) is 24.3 Å². The molecule has 3 rings (SSSR count). The highest BCUT2D eigenvalue weighted by molar-refractivity contribution is 6.30. The summed E-state index contributed by atoms with van der Waals surface area (Å²) in [5.41, 5.74) is 0.822. The lowest BCUT2D eigenvalue weighted by Crippen LogP contribution is -2.24. The Kier molecular flexibility index (Phi) is 3.88. The Morgan fingerprint density at radius 1 is 0.957 bits per heavy atom. The molecule has 0 saturated heterocycles. The van der Waals surface area contributed by atoms with E-state index in [4.69, 9.17) is 4.74 Å². The van der Waals surface area contributed by atoms with Crippen LogP contribution in [0.25, 0.3) is 0 Å². The predicted molar refractivity (Wildman–Crippen MR) is 85.5 cm³/mol. The van der Waals surface area contributed by atoms with Crippen molar-refractivity contribution in [2.45, 2.75) is 0 Å². The number of carbonyl (C=O) groups is 2. The van der Waals surface area contributed by atoms with Crippen molar-refractivity contribution in [3.8, 4) is 11.5 Å². The molecular formula is C18H17NO4. The van der Waals surface area contributed by atoms with Crippen LogP contribution in [0.2, 0.25) is 0 Å². The monoisotopic (exact) mass is 311 g/mol. The first kappa shape index (κ1) is 15.2. The molecule has 5 nitrogen and oxygen atoms in total. The molecule has 1 aliphatic rings. The summed E-state index contributed by atoms with van der Waals surface area (Å²) < 4.78 is 5.68. The van der Waals surface area contributed by atoms with Gasteiger partial charge in [0.2, 0.25) is 0 Å². The number of hydrogen-bond acceptors (Lipinski definition) is 5. The molecule has 0 bridgehead atoms. The van der Waals surface area contributed by atoms with Crippen LogP contribution in [0.5, 0.6) is 11.5 Å². The molecule has 0 fully saturated rings. The number of phenolic OH excluding ortho intramolecular Hbond substituents is 1. The maximum Gasteiger partial charge on any atom is 0.198 e. The number of ether oxygens (including phenoxy) is 1. The van der Waals surface area contributed by atoms with Crippen LogP contribution in [-0.2, 0) is 0 Å². The Morgan fingerprint density at radius 2 is 1.57 bits per heavy atom. The molecule has 5 heteroatoms. The zero-order valence-corrected chi connectivity index (χ0v) is 13.0. The zero-order chi connectivity index (χ0) is 16.6. The molecule has 2 aromatic carbocycles. The quantitative estimate of drug-likeness (QED) is 0.799. The van der Waals surface area contributed by atoms with E-state index in [-0.39, 0.29) is 28.4 Å². The Labute approximate surface area is 134 Å². The number of aromatic hydroxyl groups is 1. The van der Waals surface area contributed by atoms with Gasteiger partial charge in [-0.3, -0.25) is 9.59 Å². The van der Waals surface area contributed by atoms with Gasteiger partial charge in [0.05, 0.1) is 11.1 Å². The summed E-state index contributed by atoms with van der Waals surface area (Å²) in [6, 6.07) is 9.55. The van der Waals surface area contributed by atoms with Crippen LogP contribution in [0, 0.1) is 0 Å². The highest BCUT2D eigenvalue weighted by atomic mass is 16.5. The summed E-state index contributed by atoms with van der Waals surface area (Å²) in [6.07, 6.45) is 0. The van der Waals surface area contributed by atoms with Crippen molar-refractivity contribution in [1.29, 1.82) is 0 Å². The normalized spacial score (nSPS) is 13.0. The second kappa shape index (κ2) is 5.85. The van der Waals surface area contributed by atoms with Crippen LogP contribution in [0.15, 0.2) is 36.4 Å². The van der Waals surface area contributed by atoms with Crippen LogP contribution in [0.4, 0.5) is 0 Å². The fraction of sp³-hybridized carbons (Fsp3) is 0.222. The van der Waals surface area contributed by atoms with Gasteiger partial charge in [0.1, 0.15) is 18.1 Å². The fourth-order valence-electron chi connectivity index (χ4n) is 2.63. The lowest BCUT2D eigenvalue weighted by atomic mass is 9.83. The van der Waals surface area contributed by atoms with Gasteiger partial charge in [-0.2, -0.15) is 0 Å². The van der Waals surface area contributed by atoms with Crippen molar-refractivity contribution in [2.24, 2.45) is 0 Å². The molecule has 0 aliphatic heterocycles. The molecule has 0 spiro atoms. The summed E-state index contributed by atoms with van der Waals surface area (Å²) >= 11 is 0. The minimum atomic E-state index is -0.356. The van der Waals surface area contributed by atoms with Crippen molar-refractivity contribution < 1.29 is 19.4 Å². The molecule has 0 atom stereocenters. The molecule has 23 heavy (non-hydrogen) atoms. The van der Waals surface area contributed by atoms with Crippen molar-refractivity contribution >= 4 is 11.6 Å². The number of fused-ring (bicyclic) bond motifs is 2. The number of rotatable bonds is 4. The lowest BCUT2D eigenvalue weighted by molar-refractivity contribution is 0.0972.